The number of amides is 1. The Labute approximate surface area is 140 Å². The van der Waals surface area contributed by atoms with Crippen LogP contribution in [0.3, 0.4) is 0 Å². The van der Waals surface area contributed by atoms with E-state index in [1.807, 2.05) is 32.9 Å². The van der Waals surface area contributed by atoms with Crippen LogP contribution in [-0.4, -0.2) is 23.8 Å². The summed E-state index contributed by atoms with van der Waals surface area (Å²) in [5, 5.41) is 3.55. The number of para-hydroxylation sites is 1. The number of ether oxygens (including phenoxy) is 1. The molecule has 2 rings (SSSR count). The highest BCUT2D eigenvalue weighted by atomic mass is 16.6. The van der Waals surface area contributed by atoms with Gasteiger partial charge in [-0.05, 0) is 51.7 Å². The van der Waals surface area contributed by atoms with Crippen molar-refractivity contribution in [2.75, 3.05) is 16.8 Å². The zero-order chi connectivity index (χ0) is 17.6. The fraction of sp³-hybridized carbons (Fsp3) is 0.632. The van der Waals surface area contributed by atoms with Gasteiger partial charge in [0.2, 0.25) is 0 Å². The largest absolute Gasteiger partial charge is 0.443 e. The number of nitrogens with one attached hydrogen (secondary N) is 1. The summed E-state index contributed by atoms with van der Waals surface area (Å²) < 4.78 is 5.65. The van der Waals surface area contributed by atoms with E-state index < -0.39 is 5.60 Å². The predicted molar refractivity (Wildman–Crippen MR) is 96.4 cm³/mol. The second-order valence-electron chi connectivity index (χ2n) is 9.03. The molecule has 0 fully saturated rings. The molecule has 1 N–H and O–H groups in total. The molecule has 4 heteroatoms. The van der Waals surface area contributed by atoms with Gasteiger partial charge in [0, 0.05) is 5.54 Å². The van der Waals surface area contributed by atoms with E-state index in [0.717, 1.165) is 16.9 Å². The van der Waals surface area contributed by atoms with E-state index in [2.05, 4.69) is 46.0 Å². The molecule has 0 saturated heterocycles. The molecule has 0 bridgehead atoms. The Morgan fingerprint density at radius 3 is 2.30 bits per heavy atom. The maximum Gasteiger partial charge on any atom is 0.414 e. The molecule has 128 valence electrons. The maximum absolute atomic E-state index is 12.8. The van der Waals surface area contributed by atoms with Crippen LogP contribution in [0.1, 0.15) is 61.0 Å². The van der Waals surface area contributed by atoms with Gasteiger partial charge in [0.25, 0.3) is 0 Å². The molecule has 4 nitrogen and oxygen atoms in total. The second-order valence-corrected chi connectivity index (χ2v) is 9.03. The fourth-order valence-electron chi connectivity index (χ4n) is 2.89. The first kappa shape index (κ1) is 17.6. The maximum atomic E-state index is 12.8. The van der Waals surface area contributed by atoms with Crippen molar-refractivity contribution in [1.29, 1.82) is 0 Å². The van der Waals surface area contributed by atoms with Gasteiger partial charge in [-0.25, -0.2) is 4.79 Å². The minimum absolute atomic E-state index is 0.0607. The van der Waals surface area contributed by atoms with Gasteiger partial charge in [0.1, 0.15) is 5.60 Å². The average Bonchev–Trinajstić information content (AvgIpc) is 2.32. The number of benzene rings is 1. The number of rotatable bonds is 0. The number of hydrogen-bond acceptors (Lipinski definition) is 3. The molecule has 0 aromatic heterocycles. The fourth-order valence-corrected chi connectivity index (χ4v) is 2.89. The van der Waals surface area contributed by atoms with Gasteiger partial charge >= 0.3 is 6.09 Å². The lowest BCUT2D eigenvalue weighted by molar-refractivity contribution is 0.0573. The number of nitrogens with zero attached hydrogens (tertiary/aromatic N) is 1. The summed E-state index contributed by atoms with van der Waals surface area (Å²) in [6, 6.07) is 6.17. The average molecular weight is 318 g/mol. The molecule has 0 aliphatic carbocycles. The lowest BCUT2D eigenvalue weighted by atomic mass is 9.83. The zero-order valence-electron chi connectivity index (χ0n) is 15.7. The molecule has 0 radical (unpaired) electrons. The number of carbonyl (C=O) groups is 1. The molecular weight excluding hydrogens is 288 g/mol. The summed E-state index contributed by atoms with van der Waals surface area (Å²) >= 11 is 0. The standard InChI is InChI=1S/C19H30N2O2/c1-17(2,3)13-10-9-11-14-15(13)21(12-19(7,8)20-14)16(22)23-18(4,5)6/h9-11,20H,12H2,1-8H3. The molecular formula is C19H30N2O2. The van der Waals surface area contributed by atoms with Gasteiger partial charge in [-0.15, -0.1) is 0 Å². The van der Waals surface area contributed by atoms with Gasteiger partial charge in [0.05, 0.1) is 17.9 Å². The summed E-state index contributed by atoms with van der Waals surface area (Å²) in [4.78, 5) is 14.6. The van der Waals surface area contributed by atoms with Crippen LogP contribution >= 0.6 is 0 Å². The smallest absolute Gasteiger partial charge is 0.414 e. The van der Waals surface area contributed by atoms with Crippen molar-refractivity contribution in [3.8, 4) is 0 Å². The van der Waals surface area contributed by atoms with Crippen LogP contribution in [-0.2, 0) is 10.2 Å². The minimum Gasteiger partial charge on any atom is -0.443 e. The molecule has 1 heterocycles. The third-order valence-corrected chi connectivity index (χ3v) is 3.75. The normalized spacial score (nSPS) is 17.3. The Bertz CT molecular complexity index is 607. The van der Waals surface area contributed by atoms with Crippen molar-refractivity contribution >= 4 is 17.5 Å². The lowest BCUT2D eigenvalue weighted by Crippen LogP contribution is -2.52. The molecule has 1 aliphatic rings. The quantitative estimate of drug-likeness (QED) is 0.737. The van der Waals surface area contributed by atoms with Crippen LogP contribution in [0.15, 0.2) is 18.2 Å². The molecule has 1 aliphatic heterocycles. The van der Waals surface area contributed by atoms with E-state index in [9.17, 15) is 4.79 Å². The summed E-state index contributed by atoms with van der Waals surface area (Å²) in [6.45, 7) is 16.9. The molecule has 1 aromatic rings. The topological polar surface area (TPSA) is 41.6 Å². The van der Waals surface area contributed by atoms with Gasteiger partial charge < -0.3 is 10.1 Å². The highest BCUT2D eigenvalue weighted by Crippen LogP contribution is 2.42. The predicted octanol–water partition coefficient (Wildman–Crippen LogP) is 4.93. The van der Waals surface area contributed by atoms with Crippen molar-refractivity contribution in [2.45, 2.75) is 71.9 Å². The van der Waals surface area contributed by atoms with Crippen LogP contribution < -0.4 is 10.2 Å². The lowest BCUT2D eigenvalue weighted by Gasteiger charge is -2.43. The SMILES string of the molecule is CC1(C)CN(C(=O)OC(C)(C)C)c2c(cccc2C(C)(C)C)N1. The van der Waals surface area contributed by atoms with Gasteiger partial charge in [-0.3, -0.25) is 4.90 Å². The molecule has 23 heavy (non-hydrogen) atoms. The monoisotopic (exact) mass is 318 g/mol. The number of hydrogen-bond donors (Lipinski definition) is 1. The second kappa shape index (κ2) is 5.43. The third kappa shape index (κ3) is 3.98. The van der Waals surface area contributed by atoms with Crippen molar-refractivity contribution in [3.63, 3.8) is 0 Å². The highest BCUT2D eigenvalue weighted by molar-refractivity contribution is 5.96. The summed E-state index contributed by atoms with van der Waals surface area (Å²) in [7, 11) is 0. The van der Waals surface area contributed by atoms with Gasteiger partial charge in [-0.2, -0.15) is 0 Å². The Morgan fingerprint density at radius 1 is 1.17 bits per heavy atom. The summed E-state index contributed by atoms with van der Waals surface area (Å²) in [6.07, 6.45) is -0.287. The van der Waals surface area contributed by atoms with Crippen molar-refractivity contribution in [1.82, 2.24) is 0 Å². The van der Waals surface area contributed by atoms with Crippen LogP contribution in [0.25, 0.3) is 0 Å². The van der Waals surface area contributed by atoms with E-state index in [-0.39, 0.29) is 17.0 Å². The van der Waals surface area contributed by atoms with E-state index in [4.69, 9.17) is 4.74 Å². The van der Waals surface area contributed by atoms with Crippen molar-refractivity contribution in [3.05, 3.63) is 23.8 Å². The Morgan fingerprint density at radius 2 is 1.78 bits per heavy atom. The Balaban J connectivity index is 2.55. The summed E-state index contributed by atoms with van der Waals surface area (Å²) in [5.41, 5.74) is 2.29. The van der Waals surface area contributed by atoms with E-state index in [1.165, 1.54) is 0 Å². The summed E-state index contributed by atoms with van der Waals surface area (Å²) in [5.74, 6) is 0. The van der Waals surface area contributed by atoms with E-state index in [0.29, 0.717) is 6.54 Å². The van der Waals surface area contributed by atoms with Gasteiger partial charge in [-0.1, -0.05) is 32.9 Å². The Kier molecular flexibility index (Phi) is 4.16. The van der Waals surface area contributed by atoms with Crippen LogP contribution in [0.2, 0.25) is 0 Å². The first-order valence-corrected chi connectivity index (χ1v) is 8.22. The van der Waals surface area contributed by atoms with Crippen LogP contribution in [0.4, 0.5) is 16.2 Å². The van der Waals surface area contributed by atoms with E-state index in [1.54, 1.807) is 4.90 Å². The third-order valence-electron chi connectivity index (χ3n) is 3.75. The van der Waals surface area contributed by atoms with Gasteiger partial charge in [0.15, 0.2) is 0 Å². The molecule has 0 spiro atoms. The minimum atomic E-state index is -0.511. The number of carbonyl (C=O) groups excluding carboxylic acids is 1. The highest BCUT2D eigenvalue weighted by Gasteiger charge is 2.38. The molecule has 0 saturated carbocycles. The first-order chi connectivity index (χ1) is 10.3. The van der Waals surface area contributed by atoms with Crippen molar-refractivity contribution in [2.24, 2.45) is 0 Å². The number of anilines is 2. The Hall–Kier alpha value is -1.71. The zero-order valence-corrected chi connectivity index (χ0v) is 15.7. The molecule has 0 atom stereocenters. The molecule has 1 amide bonds. The first-order valence-electron chi connectivity index (χ1n) is 8.22. The van der Waals surface area contributed by atoms with Crippen molar-refractivity contribution < 1.29 is 9.53 Å². The van der Waals surface area contributed by atoms with Crippen LogP contribution in [0, 0.1) is 0 Å². The molecule has 1 aromatic carbocycles. The van der Waals surface area contributed by atoms with E-state index >= 15 is 0 Å². The molecule has 0 unspecified atom stereocenters. The van der Waals surface area contributed by atoms with Crippen LogP contribution in [0.5, 0.6) is 0 Å². The number of fused-ring (bicyclic) bond motifs is 1.